The fraction of sp³-hybridized carbons (Fsp3) is 0.615. The van der Waals surface area contributed by atoms with E-state index in [4.69, 9.17) is 4.74 Å². The number of H-pyrrole nitrogens is 1. The molecule has 0 fully saturated rings. The third kappa shape index (κ3) is 3.60. The number of likely N-dealkylation sites (N-methyl/N-ethyl adjacent to an activating group) is 1. The summed E-state index contributed by atoms with van der Waals surface area (Å²) in [5, 5.41) is 0. The van der Waals surface area contributed by atoms with Gasteiger partial charge in [-0.15, -0.1) is 0 Å². The molecule has 0 atom stereocenters. The van der Waals surface area contributed by atoms with Crippen molar-refractivity contribution in [2.75, 3.05) is 32.8 Å². The Labute approximate surface area is 103 Å². The molecule has 0 saturated heterocycles. The minimum absolute atomic E-state index is 0.267. The smallest absolute Gasteiger partial charge is 0.354 e. The molecule has 0 aliphatic rings. The molecule has 0 aromatic carbocycles. The van der Waals surface area contributed by atoms with Crippen molar-refractivity contribution in [3.63, 3.8) is 0 Å². The molecule has 0 aliphatic heterocycles. The summed E-state index contributed by atoms with van der Waals surface area (Å²) in [6, 6.07) is 3.52. The van der Waals surface area contributed by atoms with E-state index in [0.29, 0.717) is 12.3 Å². The fourth-order valence-electron chi connectivity index (χ4n) is 2.01. The Kier molecular flexibility index (Phi) is 5.22. The van der Waals surface area contributed by atoms with Crippen molar-refractivity contribution in [1.82, 2.24) is 4.98 Å². The van der Waals surface area contributed by atoms with Crippen LogP contribution in [0.2, 0.25) is 0 Å². The standard InChI is InChI=1S/C13H22N2O2/c1-4-15(5-2,6-3)10-11-17-13(16)12-8-7-9-14-12/h7-9H,4-6,10-11H2,1-3H3/p+1. The SMILES string of the molecule is CC[N+](CC)(CC)CCOC(=O)c1ccc[nH]1. The van der Waals surface area contributed by atoms with E-state index < -0.39 is 0 Å². The van der Waals surface area contributed by atoms with Gasteiger partial charge in [-0.25, -0.2) is 4.79 Å². The summed E-state index contributed by atoms with van der Waals surface area (Å²) in [5.41, 5.74) is 0.521. The molecule has 1 aromatic rings. The number of aromatic nitrogens is 1. The summed E-state index contributed by atoms with van der Waals surface area (Å²) < 4.78 is 6.26. The van der Waals surface area contributed by atoms with Crippen LogP contribution in [0.1, 0.15) is 31.3 Å². The number of hydrogen-bond acceptors (Lipinski definition) is 2. The van der Waals surface area contributed by atoms with Crippen LogP contribution in [0.3, 0.4) is 0 Å². The first-order valence-electron chi connectivity index (χ1n) is 6.33. The molecule has 4 heteroatoms. The zero-order valence-corrected chi connectivity index (χ0v) is 11.0. The Hall–Kier alpha value is -1.29. The molecule has 0 radical (unpaired) electrons. The molecule has 1 aromatic heterocycles. The molecule has 0 aliphatic carbocycles. The van der Waals surface area contributed by atoms with Gasteiger partial charge in [-0.2, -0.15) is 0 Å². The monoisotopic (exact) mass is 239 g/mol. The number of esters is 1. The Balaban J connectivity index is 2.39. The number of hydrogen-bond donors (Lipinski definition) is 1. The first kappa shape index (κ1) is 13.8. The van der Waals surface area contributed by atoms with Crippen molar-refractivity contribution in [3.05, 3.63) is 24.0 Å². The van der Waals surface area contributed by atoms with Crippen LogP contribution in [0.4, 0.5) is 0 Å². The third-order valence-corrected chi connectivity index (χ3v) is 3.63. The number of quaternary nitrogens is 1. The first-order valence-corrected chi connectivity index (χ1v) is 6.33. The maximum atomic E-state index is 11.6. The highest BCUT2D eigenvalue weighted by Crippen LogP contribution is 2.06. The van der Waals surface area contributed by atoms with Crippen molar-refractivity contribution in [2.24, 2.45) is 0 Å². The third-order valence-electron chi connectivity index (χ3n) is 3.63. The number of carbonyl (C=O) groups excluding carboxylic acids is 1. The van der Waals surface area contributed by atoms with E-state index in [1.54, 1.807) is 18.3 Å². The van der Waals surface area contributed by atoms with Gasteiger partial charge in [0.25, 0.3) is 0 Å². The van der Waals surface area contributed by atoms with Gasteiger partial charge in [-0.3, -0.25) is 0 Å². The normalized spacial score (nSPS) is 11.5. The topological polar surface area (TPSA) is 42.1 Å². The molecule has 0 bridgehead atoms. The van der Waals surface area contributed by atoms with Crippen LogP contribution in [-0.4, -0.2) is 48.2 Å². The summed E-state index contributed by atoms with van der Waals surface area (Å²) >= 11 is 0. The Bertz CT molecular complexity index is 321. The van der Waals surface area contributed by atoms with E-state index in [0.717, 1.165) is 30.7 Å². The number of ether oxygens (including phenoxy) is 1. The van der Waals surface area contributed by atoms with E-state index >= 15 is 0 Å². The molecule has 0 saturated carbocycles. The predicted molar refractivity (Wildman–Crippen MR) is 67.8 cm³/mol. The van der Waals surface area contributed by atoms with Crippen LogP contribution in [0.25, 0.3) is 0 Å². The van der Waals surface area contributed by atoms with Gasteiger partial charge in [0.05, 0.1) is 19.6 Å². The minimum Gasteiger partial charge on any atom is -0.455 e. The zero-order valence-electron chi connectivity index (χ0n) is 11.0. The summed E-state index contributed by atoms with van der Waals surface area (Å²) in [6.07, 6.45) is 1.72. The number of aromatic amines is 1. The molecular formula is C13H23N2O2+. The van der Waals surface area contributed by atoms with Crippen molar-refractivity contribution < 1.29 is 14.0 Å². The van der Waals surface area contributed by atoms with Crippen LogP contribution in [0, 0.1) is 0 Å². The number of carbonyl (C=O) groups is 1. The van der Waals surface area contributed by atoms with E-state index in [9.17, 15) is 4.79 Å². The van der Waals surface area contributed by atoms with Crippen molar-refractivity contribution in [2.45, 2.75) is 20.8 Å². The van der Waals surface area contributed by atoms with Crippen LogP contribution >= 0.6 is 0 Å². The minimum atomic E-state index is -0.267. The second-order valence-corrected chi connectivity index (χ2v) is 4.23. The Morgan fingerprint density at radius 3 is 2.41 bits per heavy atom. The molecule has 1 N–H and O–H groups in total. The average molecular weight is 239 g/mol. The summed E-state index contributed by atoms with van der Waals surface area (Å²) in [7, 11) is 0. The molecular weight excluding hydrogens is 216 g/mol. The Morgan fingerprint density at radius 2 is 1.94 bits per heavy atom. The molecule has 0 amide bonds. The van der Waals surface area contributed by atoms with Gasteiger partial charge in [-0.05, 0) is 32.9 Å². The van der Waals surface area contributed by atoms with Gasteiger partial charge >= 0.3 is 5.97 Å². The number of nitrogens with zero attached hydrogens (tertiary/aromatic N) is 1. The van der Waals surface area contributed by atoms with E-state index in [1.807, 2.05) is 0 Å². The van der Waals surface area contributed by atoms with Crippen LogP contribution in [0.5, 0.6) is 0 Å². The van der Waals surface area contributed by atoms with Crippen molar-refractivity contribution in [3.8, 4) is 0 Å². The lowest BCUT2D eigenvalue weighted by molar-refractivity contribution is -0.923. The average Bonchev–Trinajstić information content (AvgIpc) is 2.89. The maximum Gasteiger partial charge on any atom is 0.354 e. The number of rotatable bonds is 7. The molecule has 0 unspecified atom stereocenters. The van der Waals surface area contributed by atoms with Crippen LogP contribution in [-0.2, 0) is 4.74 Å². The highest BCUT2D eigenvalue weighted by atomic mass is 16.5. The van der Waals surface area contributed by atoms with Gasteiger partial charge < -0.3 is 14.2 Å². The second kappa shape index (κ2) is 6.45. The van der Waals surface area contributed by atoms with Gasteiger partial charge in [0, 0.05) is 6.20 Å². The first-order chi connectivity index (χ1) is 8.17. The van der Waals surface area contributed by atoms with Crippen molar-refractivity contribution >= 4 is 5.97 Å². The lowest BCUT2D eigenvalue weighted by Crippen LogP contribution is -2.49. The highest BCUT2D eigenvalue weighted by molar-refractivity contribution is 5.87. The van der Waals surface area contributed by atoms with Gasteiger partial charge in [0.1, 0.15) is 18.8 Å². The second-order valence-electron chi connectivity index (χ2n) is 4.23. The van der Waals surface area contributed by atoms with Crippen LogP contribution in [0.15, 0.2) is 18.3 Å². The van der Waals surface area contributed by atoms with Crippen LogP contribution < -0.4 is 0 Å². The van der Waals surface area contributed by atoms with E-state index in [1.165, 1.54) is 0 Å². The quantitative estimate of drug-likeness (QED) is 0.584. The van der Waals surface area contributed by atoms with Gasteiger partial charge in [0.2, 0.25) is 0 Å². The largest absolute Gasteiger partial charge is 0.455 e. The Morgan fingerprint density at radius 1 is 1.29 bits per heavy atom. The summed E-state index contributed by atoms with van der Waals surface area (Å²) in [4.78, 5) is 14.4. The molecule has 17 heavy (non-hydrogen) atoms. The zero-order chi connectivity index (χ0) is 12.7. The van der Waals surface area contributed by atoms with E-state index in [-0.39, 0.29) is 5.97 Å². The highest BCUT2D eigenvalue weighted by Gasteiger charge is 2.21. The van der Waals surface area contributed by atoms with E-state index in [2.05, 4.69) is 25.8 Å². The predicted octanol–water partition coefficient (Wildman–Crippen LogP) is 2.05. The maximum absolute atomic E-state index is 11.6. The molecule has 1 heterocycles. The lowest BCUT2D eigenvalue weighted by Gasteiger charge is -2.35. The van der Waals surface area contributed by atoms with Gasteiger partial charge in [0.15, 0.2) is 0 Å². The molecule has 0 spiro atoms. The van der Waals surface area contributed by atoms with Gasteiger partial charge in [-0.1, -0.05) is 0 Å². The molecule has 4 nitrogen and oxygen atoms in total. The fourth-order valence-corrected chi connectivity index (χ4v) is 2.01. The summed E-state index contributed by atoms with van der Waals surface area (Å²) in [6.45, 7) is 11.1. The lowest BCUT2D eigenvalue weighted by atomic mass is 10.3. The molecule has 1 rings (SSSR count). The number of nitrogens with one attached hydrogen (secondary N) is 1. The summed E-state index contributed by atoms with van der Waals surface area (Å²) in [5.74, 6) is -0.267. The molecule has 96 valence electrons. The van der Waals surface area contributed by atoms with Crippen molar-refractivity contribution in [1.29, 1.82) is 0 Å².